The van der Waals surface area contributed by atoms with Crippen LogP contribution in [0.5, 0.6) is 0 Å². The first-order valence-electron chi connectivity index (χ1n) is 27.7. The van der Waals surface area contributed by atoms with Gasteiger partial charge in [-0.3, -0.25) is 4.79 Å². The second kappa shape index (κ2) is 58.1. The summed E-state index contributed by atoms with van der Waals surface area (Å²) in [6.45, 7) is 9.05. The molecule has 0 fully saturated rings. The highest BCUT2D eigenvalue weighted by atomic mass is 16.1. The number of allylic oxidation sites excluding steroid dienone is 8. The molecule has 0 aliphatic rings. The first-order chi connectivity index (χ1) is 30.2. The smallest absolute Gasteiger partial charge is 0.132 e. The predicted octanol–water partition coefficient (Wildman–Crippen LogP) is 21.2. The van der Waals surface area contributed by atoms with Gasteiger partial charge in [0.05, 0.1) is 6.07 Å². The Hall–Kier alpha value is -1.88. The lowest BCUT2D eigenvalue weighted by atomic mass is 9.95. The molecule has 0 heterocycles. The lowest BCUT2D eigenvalue weighted by molar-refractivity contribution is -0.119. The molecule has 0 aromatic rings. The van der Waals surface area contributed by atoms with Crippen molar-refractivity contribution in [3.05, 3.63) is 48.6 Å². The fourth-order valence-corrected chi connectivity index (χ4v) is 8.07. The molecule has 0 aliphatic carbocycles. The molecule has 0 aliphatic heterocycles. The zero-order valence-corrected chi connectivity index (χ0v) is 42.2. The summed E-state index contributed by atoms with van der Waals surface area (Å²) in [5.74, 6) is 0.819. The minimum absolute atomic E-state index is 0.314. The molecule has 0 N–H and O–H groups in total. The topological polar surface area (TPSA) is 40.9 Å². The summed E-state index contributed by atoms with van der Waals surface area (Å²) in [6, 6.07) is 2.56. The number of rotatable bonds is 48. The maximum absolute atomic E-state index is 11.9. The molecule has 0 bridgehead atoms. The number of nitrogens with zero attached hydrogens (tertiary/aromatic N) is 1. The van der Waals surface area contributed by atoms with Crippen LogP contribution in [-0.4, -0.2) is 5.78 Å². The third-order valence-corrected chi connectivity index (χ3v) is 12.3. The molecule has 1 unspecified atom stereocenters. The Morgan fingerprint density at radius 1 is 0.344 bits per heavy atom. The SMILES string of the molecule is CCCCC/C=C\C/C=C\CCCCCCCCCC(=O)CCCCCCCCC.CCCCC/C=C\C/C=C\CCCCCCCCCC(C#N)CCCCCCCCC. The number of carbonyl (C=O) groups excluding carboxylic acids is 1. The molecule has 0 aromatic carbocycles. The van der Waals surface area contributed by atoms with Gasteiger partial charge in [-0.1, -0.05) is 256 Å². The number of ketones is 1. The highest BCUT2D eigenvalue weighted by Gasteiger charge is 2.07. The van der Waals surface area contributed by atoms with E-state index in [0.29, 0.717) is 11.7 Å². The van der Waals surface area contributed by atoms with E-state index in [1.54, 1.807) is 0 Å². The Morgan fingerprint density at radius 3 is 0.902 bits per heavy atom. The van der Waals surface area contributed by atoms with Crippen LogP contribution in [0.1, 0.15) is 310 Å². The quantitative estimate of drug-likeness (QED) is 0.0452. The van der Waals surface area contributed by atoms with E-state index in [9.17, 15) is 10.1 Å². The van der Waals surface area contributed by atoms with Crippen LogP contribution in [0.15, 0.2) is 48.6 Å². The van der Waals surface area contributed by atoms with Crippen molar-refractivity contribution in [1.29, 1.82) is 5.26 Å². The minimum atomic E-state index is 0.314. The van der Waals surface area contributed by atoms with E-state index in [1.165, 1.54) is 231 Å². The van der Waals surface area contributed by atoms with Crippen LogP contribution < -0.4 is 0 Å². The number of hydrogen-bond donors (Lipinski definition) is 0. The molecular weight excluding hydrogens is 739 g/mol. The average molecular weight is 849 g/mol. The lowest BCUT2D eigenvalue weighted by Gasteiger charge is -2.09. The lowest BCUT2D eigenvalue weighted by Crippen LogP contribution is -1.97. The molecule has 2 heteroatoms. The van der Waals surface area contributed by atoms with Gasteiger partial charge in [-0.2, -0.15) is 5.26 Å². The van der Waals surface area contributed by atoms with E-state index in [-0.39, 0.29) is 0 Å². The maximum Gasteiger partial charge on any atom is 0.132 e. The first-order valence-corrected chi connectivity index (χ1v) is 27.7. The largest absolute Gasteiger partial charge is 0.300 e. The Morgan fingerprint density at radius 2 is 0.590 bits per heavy atom. The van der Waals surface area contributed by atoms with Crippen molar-refractivity contribution in [2.75, 3.05) is 0 Å². The zero-order chi connectivity index (χ0) is 44.6. The van der Waals surface area contributed by atoms with E-state index in [1.807, 2.05) is 0 Å². The van der Waals surface area contributed by atoms with Gasteiger partial charge in [0.25, 0.3) is 0 Å². The van der Waals surface area contributed by atoms with Crippen molar-refractivity contribution in [1.82, 2.24) is 0 Å². The predicted molar refractivity (Wildman–Crippen MR) is 277 cm³/mol. The van der Waals surface area contributed by atoms with Crippen molar-refractivity contribution in [3.63, 3.8) is 0 Å². The normalized spacial score (nSPS) is 12.2. The summed E-state index contributed by atoms with van der Waals surface area (Å²) >= 11 is 0. The Balaban J connectivity index is 0. The summed E-state index contributed by atoms with van der Waals surface area (Å²) in [5, 5.41) is 9.37. The summed E-state index contributed by atoms with van der Waals surface area (Å²) in [7, 11) is 0. The molecular formula is C59H109NO. The van der Waals surface area contributed by atoms with Gasteiger partial charge in [0.15, 0.2) is 0 Å². The third-order valence-electron chi connectivity index (χ3n) is 12.3. The van der Waals surface area contributed by atoms with E-state index < -0.39 is 0 Å². The van der Waals surface area contributed by atoms with Crippen LogP contribution in [0.3, 0.4) is 0 Å². The molecule has 61 heavy (non-hydrogen) atoms. The van der Waals surface area contributed by atoms with Crippen molar-refractivity contribution in [2.24, 2.45) is 5.92 Å². The highest BCUT2D eigenvalue weighted by molar-refractivity contribution is 5.78. The summed E-state index contributed by atoms with van der Waals surface area (Å²) in [6.07, 6.45) is 74.8. The molecule has 1 atom stereocenters. The van der Waals surface area contributed by atoms with E-state index in [2.05, 4.69) is 82.4 Å². The van der Waals surface area contributed by atoms with E-state index in [0.717, 1.165) is 51.4 Å². The van der Waals surface area contributed by atoms with E-state index >= 15 is 0 Å². The number of Topliss-reactive ketones (excluding diaryl/α,β-unsaturated/α-hetero) is 1. The van der Waals surface area contributed by atoms with Gasteiger partial charge < -0.3 is 0 Å². The number of carbonyl (C=O) groups is 1. The average Bonchev–Trinajstić information content (AvgIpc) is 3.27. The molecule has 0 amide bonds. The van der Waals surface area contributed by atoms with Crippen molar-refractivity contribution < 1.29 is 4.79 Å². The fourth-order valence-electron chi connectivity index (χ4n) is 8.07. The van der Waals surface area contributed by atoms with Gasteiger partial charge in [-0.05, 0) is 89.9 Å². The van der Waals surface area contributed by atoms with Crippen molar-refractivity contribution in [3.8, 4) is 6.07 Å². The van der Waals surface area contributed by atoms with Crippen LogP contribution in [0, 0.1) is 17.2 Å². The number of nitriles is 1. The van der Waals surface area contributed by atoms with Crippen LogP contribution in [0.2, 0.25) is 0 Å². The van der Waals surface area contributed by atoms with Gasteiger partial charge in [0.2, 0.25) is 0 Å². The van der Waals surface area contributed by atoms with Crippen LogP contribution >= 0.6 is 0 Å². The van der Waals surface area contributed by atoms with Crippen LogP contribution in [0.25, 0.3) is 0 Å². The van der Waals surface area contributed by atoms with Crippen molar-refractivity contribution >= 4 is 5.78 Å². The molecule has 0 rings (SSSR count). The molecule has 0 spiro atoms. The number of unbranched alkanes of at least 4 members (excludes halogenated alkanes) is 32. The van der Waals surface area contributed by atoms with Gasteiger partial charge in [-0.15, -0.1) is 0 Å². The molecule has 2 nitrogen and oxygen atoms in total. The highest BCUT2D eigenvalue weighted by Crippen LogP contribution is 2.19. The van der Waals surface area contributed by atoms with E-state index in [4.69, 9.17) is 0 Å². The first kappa shape index (κ1) is 61.2. The standard InChI is InChI=1S/C30H55N.C29H54O/c1-3-5-7-9-11-12-13-14-15-16-17-18-19-20-22-24-26-28-30(29-31)27-25-23-21-10-8-6-4-2;1-3-5-7-9-11-12-13-14-15-16-17-18-19-20-22-24-26-28-29(30)27-25-23-21-10-8-6-4-2/h11-12,14-15,30H,3-10,13,16-28H2,1-2H3;11-12,14-15H,3-10,13,16-28H2,1-2H3/b2*12-11-,15-14-. The Kier molecular flexibility index (Phi) is 58.3. The van der Waals surface area contributed by atoms with Crippen molar-refractivity contribution in [2.45, 2.75) is 310 Å². The monoisotopic (exact) mass is 848 g/mol. The summed E-state index contributed by atoms with van der Waals surface area (Å²) < 4.78 is 0. The molecule has 0 radical (unpaired) electrons. The van der Waals surface area contributed by atoms with Gasteiger partial charge in [0, 0.05) is 18.8 Å². The minimum Gasteiger partial charge on any atom is -0.300 e. The van der Waals surface area contributed by atoms with Crippen LogP contribution in [0.4, 0.5) is 0 Å². The Labute approximate surface area is 385 Å². The Bertz CT molecular complexity index is 981. The van der Waals surface area contributed by atoms with Crippen LogP contribution in [-0.2, 0) is 4.79 Å². The second-order valence-corrected chi connectivity index (χ2v) is 18.6. The van der Waals surface area contributed by atoms with Gasteiger partial charge in [-0.25, -0.2) is 0 Å². The molecule has 356 valence electrons. The summed E-state index contributed by atoms with van der Waals surface area (Å²) in [5.41, 5.74) is 0. The van der Waals surface area contributed by atoms with Gasteiger partial charge >= 0.3 is 0 Å². The molecule has 0 saturated heterocycles. The molecule has 0 saturated carbocycles. The third kappa shape index (κ3) is 58.1. The zero-order valence-electron chi connectivity index (χ0n) is 42.2. The summed E-state index contributed by atoms with van der Waals surface area (Å²) in [4.78, 5) is 11.9. The fraction of sp³-hybridized carbons (Fsp3) is 0.831. The maximum atomic E-state index is 11.9. The second-order valence-electron chi connectivity index (χ2n) is 18.6. The van der Waals surface area contributed by atoms with Gasteiger partial charge in [0.1, 0.15) is 5.78 Å². The number of hydrogen-bond acceptors (Lipinski definition) is 2. The molecule has 0 aromatic heterocycles.